The fourth-order valence-corrected chi connectivity index (χ4v) is 3.56. The van der Waals surface area contributed by atoms with Crippen molar-refractivity contribution in [3.05, 3.63) is 53.6 Å². The van der Waals surface area contributed by atoms with Crippen LogP contribution in [0.2, 0.25) is 0 Å². The molecule has 0 radical (unpaired) electrons. The number of aryl methyl sites for hydroxylation is 2. The molecule has 2 amide bonds. The molecule has 0 spiro atoms. The number of carbonyl (C=O) groups excluding carboxylic acids is 2. The zero-order valence-electron chi connectivity index (χ0n) is 15.6. The number of H-pyrrole nitrogens is 1. The van der Waals surface area contributed by atoms with Crippen LogP contribution in [0.5, 0.6) is 0 Å². The van der Waals surface area contributed by atoms with E-state index in [4.69, 9.17) is 0 Å². The van der Waals surface area contributed by atoms with Crippen LogP contribution in [0, 0.1) is 6.92 Å². The molecule has 0 bridgehead atoms. The summed E-state index contributed by atoms with van der Waals surface area (Å²) < 4.78 is 1.94. The first kappa shape index (κ1) is 17.3. The van der Waals surface area contributed by atoms with Crippen molar-refractivity contribution in [1.82, 2.24) is 24.3 Å². The van der Waals surface area contributed by atoms with Crippen molar-refractivity contribution in [2.24, 2.45) is 7.05 Å². The normalized spacial score (nSPS) is 14.7. The highest BCUT2D eigenvalue weighted by Gasteiger charge is 2.25. The summed E-state index contributed by atoms with van der Waals surface area (Å²) in [6, 6.07) is 7.50. The minimum atomic E-state index is -0.000638. The third-order valence-electron chi connectivity index (χ3n) is 5.02. The number of benzene rings is 1. The molecule has 1 fully saturated rings. The van der Waals surface area contributed by atoms with E-state index in [-0.39, 0.29) is 11.8 Å². The molecule has 1 aliphatic rings. The number of fused-ring (bicyclic) bond motifs is 1. The van der Waals surface area contributed by atoms with E-state index < -0.39 is 0 Å². The van der Waals surface area contributed by atoms with Crippen molar-refractivity contribution in [2.75, 3.05) is 26.2 Å². The Morgan fingerprint density at radius 3 is 2.56 bits per heavy atom. The first-order valence-electron chi connectivity index (χ1n) is 9.14. The molecule has 7 nitrogen and oxygen atoms in total. The van der Waals surface area contributed by atoms with Crippen LogP contribution in [0.25, 0.3) is 11.0 Å². The second kappa shape index (κ2) is 6.90. The summed E-state index contributed by atoms with van der Waals surface area (Å²) in [6.45, 7) is 4.15. The first-order valence-corrected chi connectivity index (χ1v) is 9.14. The lowest BCUT2D eigenvalue weighted by Gasteiger charge is -2.34. The van der Waals surface area contributed by atoms with Gasteiger partial charge in [0.15, 0.2) is 0 Å². The summed E-state index contributed by atoms with van der Waals surface area (Å²) >= 11 is 0. The molecule has 4 rings (SSSR count). The molecule has 3 heterocycles. The molecular weight excluding hydrogens is 342 g/mol. The van der Waals surface area contributed by atoms with Crippen LogP contribution in [0.3, 0.4) is 0 Å². The third kappa shape index (κ3) is 3.58. The van der Waals surface area contributed by atoms with Crippen molar-refractivity contribution >= 4 is 22.8 Å². The Bertz CT molecular complexity index is 995. The van der Waals surface area contributed by atoms with E-state index in [1.165, 1.54) is 0 Å². The lowest BCUT2D eigenvalue weighted by molar-refractivity contribution is -0.131. The standard InChI is InChI=1S/C20H23N5O2/c1-14-21-17-4-3-16(12-18(17)22-14)20(27)25-9-7-24(8-10-25)19(26)11-15-5-6-23(2)13-15/h3-6,12-13H,7-11H2,1-2H3,(H,21,22). The van der Waals surface area contributed by atoms with Crippen molar-refractivity contribution in [2.45, 2.75) is 13.3 Å². The maximum absolute atomic E-state index is 12.8. The van der Waals surface area contributed by atoms with Gasteiger partial charge in [-0.2, -0.15) is 0 Å². The molecule has 1 N–H and O–H groups in total. The van der Waals surface area contributed by atoms with Gasteiger partial charge in [0.2, 0.25) is 5.91 Å². The summed E-state index contributed by atoms with van der Waals surface area (Å²) in [4.78, 5) is 36.5. The predicted molar refractivity (Wildman–Crippen MR) is 102 cm³/mol. The van der Waals surface area contributed by atoms with Crippen LogP contribution in [-0.4, -0.2) is 62.3 Å². The van der Waals surface area contributed by atoms with Gasteiger partial charge in [-0.1, -0.05) is 0 Å². The fraction of sp³-hybridized carbons (Fsp3) is 0.350. The van der Waals surface area contributed by atoms with E-state index in [2.05, 4.69) is 9.97 Å². The largest absolute Gasteiger partial charge is 0.357 e. The molecule has 0 atom stereocenters. The number of amides is 2. The van der Waals surface area contributed by atoms with E-state index in [9.17, 15) is 9.59 Å². The lowest BCUT2D eigenvalue weighted by Crippen LogP contribution is -2.51. The predicted octanol–water partition coefficient (Wildman–Crippen LogP) is 1.74. The van der Waals surface area contributed by atoms with E-state index >= 15 is 0 Å². The second-order valence-electron chi connectivity index (χ2n) is 7.09. The Kier molecular flexibility index (Phi) is 4.43. The first-order chi connectivity index (χ1) is 13.0. The fourth-order valence-electron chi connectivity index (χ4n) is 3.56. The SMILES string of the molecule is Cc1nc2ccc(C(=O)N3CCN(C(=O)Cc4ccn(C)c4)CC3)cc2[nH]1. The number of rotatable bonds is 3. The van der Waals surface area contributed by atoms with Gasteiger partial charge >= 0.3 is 0 Å². The number of piperazine rings is 1. The van der Waals surface area contributed by atoms with Gasteiger partial charge in [0, 0.05) is 51.2 Å². The van der Waals surface area contributed by atoms with E-state index in [0.717, 1.165) is 22.4 Å². The van der Waals surface area contributed by atoms with E-state index in [0.29, 0.717) is 38.2 Å². The highest BCUT2D eigenvalue weighted by molar-refractivity contribution is 5.97. The van der Waals surface area contributed by atoms with Crippen LogP contribution in [0.1, 0.15) is 21.7 Å². The Hall–Kier alpha value is -3.09. The Morgan fingerprint density at radius 2 is 1.85 bits per heavy atom. The van der Waals surface area contributed by atoms with Crippen LogP contribution in [0.15, 0.2) is 36.7 Å². The zero-order chi connectivity index (χ0) is 19.0. The monoisotopic (exact) mass is 365 g/mol. The van der Waals surface area contributed by atoms with Gasteiger partial charge in [0.1, 0.15) is 5.82 Å². The minimum Gasteiger partial charge on any atom is -0.357 e. The Balaban J connectivity index is 1.37. The molecule has 0 saturated carbocycles. The number of aromatic nitrogens is 3. The molecule has 7 heteroatoms. The van der Waals surface area contributed by atoms with Crippen LogP contribution in [-0.2, 0) is 18.3 Å². The van der Waals surface area contributed by atoms with E-state index in [1.807, 2.05) is 65.0 Å². The van der Waals surface area contributed by atoms with Gasteiger partial charge < -0.3 is 19.4 Å². The topological polar surface area (TPSA) is 74.2 Å². The maximum Gasteiger partial charge on any atom is 0.254 e. The van der Waals surface area contributed by atoms with Gasteiger partial charge in [-0.3, -0.25) is 9.59 Å². The van der Waals surface area contributed by atoms with Crippen molar-refractivity contribution in [1.29, 1.82) is 0 Å². The van der Waals surface area contributed by atoms with Crippen molar-refractivity contribution in [3.8, 4) is 0 Å². The molecule has 2 aromatic heterocycles. The summed E-state index contributed by atoms with van der Waals surface area (Å²) in [5.41, 5.74) is 3.40. The molecular formula is C20H23N5O2. The second-order valence-corrected chi connectivity index (χ2v) is 7.09. The van der Waals surface area contributed by atoms with Crippen LogP contribution >= 0.6 is 0 Å². The minimum absolute atomic E-state index is 0.000638. The van der Waals surface area contributed by atoms with Gasteiger partial charge in [-0.25, -0.2) is 4.98 Å². The van der Waals surface area contributed by atoms with Gasteiger partial charge in [-0.05, 0) is 36.8 Å². The number of aromatic amines is 1. The summed E-state index contributed by atoms with van der Waals surface area (Å²) in [5, 5.41) is 0. The molecule has 1 saturated heterocycles. The molecule has 27 heavy (non-hydrogen) atoms. The zero-order valence-corrected chi connectivity index (χ0v) is 15.6. The highest BCUT2D eigenvalue weighted by Crippen LogP contribution is 2.16. The number of imidazole rings is 1. The maximum atomic E-state index is 12.8. The third-order valence-corrected chi connectivity index (χ3v) is 5.02. The van der Waals surface area contributed by atoms with Gasteiger partial charge in [-0.15, -0.1) is 0 Å². The quantitative estimate of drug-likeness (QED) is 0.768. The van der Waals surface area contributed by atoms with Crippen molar-refractivity contribution < 1.29 is 9.59 Å². The summed E-state index contributed by atoms with van der Waals surface area (Å²) in [5.74, 6) is 0.946. The summed E-state index contributed by atoms with van der Waals surface area (Å²) in [6.07, 6.45) is 4.31. The number of nitrogens with one attached hydrogen (secondary N) is 1. The highest BCUT2D eigenvalue weighted by atomic mass is 16.2. The number of hydrogen-bond acceptors (Lipinski definition) is 3. The number of carbonyl (C=O) groups is 2. The number of nitrogens with zero attached hydrogens (tertiary/aromatic N) is 4. The van der Waals surface area contributed by atoms with Crippen LogP contribution < -0.4 is 0 Å². The summed E-state index contributed by atoms with van der Waals surface area (Å²) in [7, 11) is 1.94. The van der Waals surface area contributed by atoms with Gasteiger partial charge in [0.05, 0.1) is 17.5 Å². The molecule has 3 aromatic rings. The Labute approximate surface area is 157 Å². The molecule has 140 valence electrons. The number of hydrogen-bond donors (Lipinski definition) is 1. The molecule has 1 aromatic carbocycles. The molecule has 0 aliphatic carbocycles. The lowest BCUT2D eigenvalue weighted by atomic mass is 10.1. The molecule has 1 aliphatic heterocycles. The van der Waals surface area contributed by atoms with Crippen molar-refractivity contribution in [3.63, 3.8) is 0 Å². The van der Waals surface area contributed by atoms with E-state index in [1.54, 1.807) is 0 Å². The molecule has 0 unspecified atom stereocenters. The Morgan fingerprint density at radius 1 is 1.11 bits per heavy atom. The average molecular weight is 365 g/mol. The van der Waals surface area contributed by atoms with Gasteiger partial charge in [0.25, 0.3) is 5.91 Å². The smallest absolute Gasteiger partial charge is 0.254 e. The van der Waals surface area contributed by atoms with Crippen LogP contribution in [0.4, 0.5) is 0 Å². The average Bonchev–Trinajstić information content (AvgIpc) is 3.24.